The molecule has 0 bridgehead atoms. The van der Waals surface area contributed by atoms with Crippen LogP contribution in [-0.2, 0) is 9.53 Å². The van der Waals surface area contributed by atoms with Gasteiger partial charge in [0.05, 0.1) is 18.8 Å². The van der Waals surface area contributed by atoms with E-state index < -0.39 is 0 Å². The molecule has 1 atom stereocenters. The summed E-state index contributed by atoms with van der Waals surface area (Å²) in [4.78, 5) is 13.5. The number of halogens is 1. The van der Waals surface area contributed by atoms with E-state index >= 15 is 0 Å². The standard InChI is InChI=1S/C14H18INO3/c1-3-4-8-18-13-9-16(10(2)17)14-11(15)6-5-7-12(14)19-13/h5-7,13H,3-4,8-9H2,1-2H3. The molecule has 1 heterocycles. The van der Waals surface area contributed by atoms with Gasteiger partial charge in [-0.25, -0.2) is 0 Å². The van der Waals surface area contributed by atoms with Crippen LogP contribution in [0, 0.1) is 3.57 Å². The number of hydrogen-bond acceptors (Lipinski definition) is 3. The van der Waals surface area contributed by atoms with Crippen LogP contribution < -0.4 is 9.64 Å². The second-order valence-corrected chi connectivity index (χ2v) is 5.65. The zero-order chi connectivity index (χ0) is 13.8. The van der Waals surface area contributed by atoms with Crippen molar-refractivity contribution in [1.29, 1.82) is 0 Å². The number of para-hydroxylation sites is 1. The number of ether oxygens (including phenoxy) is 2. The summed E-state index contributed by atoms with van der Waals surface area (Å²) in [5.41, 5.74) is 0.853. The maximum absolute atomic E-state index is 11.8. The third-order valence-corrected chi connectivity index (χ3v) is 3.86. The Morgan fingerprint density at radius 3 is 3.05 bits per heavy atom. The highest BCUT2D eigenvalue weighted by molar-refractivity contribution is 14.1. The molecule has 0 aromatic heterocycles. The fraction of sp³-hybridized carbons (Fsp3) is 0.500. The van der Waals surface area contributed by atoms with Gasteiger partial charge in [0.1, 0.15) is 5.75 Å². The van der Waals surface area contributed by atoms with Crippen LogP contribution in [0.2, 0.25) is 0 Å². The zero-order valence-corrected chi connectivity index (χ0v) is 13.3. The first kappa shape index (κ1) is 14.6. The summed E-state index contributed by atoms with van der Waals surface area (Å²) in [6.07, 6.45) is 1.71. The van der Waals surface area contributed by atoms with Crippen molar-refractivity contribution in [3.8, 4) is 5.75 Å². The molecule has 0 saturated carbocycles. The Balaban J connectivity index is 2.19. The molecular weight excluding hydrogens is 357 g/mol. The van der Waals surface area contributed by atoms with E-state index in [-0.39, 0.29) is 12.2 Å². The van der Waals surface area contributed by atoms with Gasteiger partial charge in [0, 0.05) is 10.5 Å². The SMILES string of the molecule is CCCCOC1CN(C(C)=O)c2c(I)cccc2O1. The molecule has 1 unspecified atom stereocenters. The number of carbonyl (C=O) groups excluding carboxylic acids is 1. The summed E-state index contributed by atoms with van der Waals surface area (Å²) in [5, 5.41) is 0. The number of hydrogen-bond donors (Lipinski definition) is 0. The van der Waals surface area contributed by atoms with Crippen molar-refractivity contribution in [2.75, 3.05) is 18.1 Å². The number of amides is 1. The lowest BCUT2D eigenvalue weighted by atomic mass is 10.2. The van der Waals surface area contributed by atoms with Crippen molar-refractivity contribution in [2.45, 2.75) is 33.0 Å². The molecule has 5 heteroatoms. The van der Waals surface area contributed by atoms with Gasteiger partial charge in [-0.05, 0) is 41.1 Å². The van der Waals surface area contributed by atoms with Gasteiger partial charge in [-0.3, -0.25) is 4.79 Å². The first-order chi connectivity index (χ1) is 9.13. The number of carbonyl (C=O) groups is 1. The minimum Gasteiger partial charge on any atom is -0.461 e. The molecule has 0 aliphatic carbocycles. The lowest BCUT2D eigenvalue weighted by molar-refractivity contribution is -0.120. The molecule has 0 spiro atoms. The number of unbranched alkanes of at least 4 members (excludes halogenated alkanes) is 1. The van der Waals surface area contributed by atoms with E-state index in [4.69, 9.17) is 9.47 Å². The first-order valence-electron chi connectivity index (χ1n) is 6.48. The summed E-state index contributed by atoms with van der Waals surface area (Å²) in [6, 6.07) is 5.77. The predicted octanol–water partition coefficient (Wildman–Crippen LogP) is 3.18. The fourth-order valence-corrected chi connectivity index (χ4v) is 2.77. The Labute approximate surface area is 127 Å². The van der Waals surface area contributed by atoms with Crippen LogP contribution in [0.25, 0.3) is 0 Å². The van der Waals surface area contributed by atoms with Gasteiger partial charge in [0.15, 0.2) is 0 Å². The minimum atomic E-state index is -0.374. The lowest BCUT2D eigenvalue weighted by Gasteiger charge is -2.34. The third kappa shape index (κ3) is 3.39. The largest absolute Gasteiger partial charge is 0.461 e. The summed E-state index contributed by atoms with van der Waals surface area (Å²) < 4.78 is 12.5. The number of benzene rings is 1. The van der Waals surface area contributed by atoms with E-state index in [1.54, 1.807) is 11.8 Å². The number of fused-ring (bicyclic) bond motifs is 1. The second kappa shape index (κ2) is 6.56. The summed E-state index contributed by atoms with van der Waals surface area (Å²) >= 11 is 2.22. The highest BCUT2D eigenvalue weighted by Crippen LogP contribution is 2.37. The van der Waals surface area contributed by atoms with Crippen LogP contribution in [0.5, 0.6) is 5.75 Å². The monoisotopic (exact) mass is 375 g/mol. The quantitative estimate of drug-likeness (QED) is 0.600. The molecule has 2 rings (SSSR count). The maximum Gasteiger partial charge on any atom is 0.224 e. The number of anilines is 1. The Kier molecular flexibility index (Phi) is 5.04. The van der Waals surface area contributed by atoms with Crippen molar-refractivity contribution < 1.29 is 14.3 Å². The smallest absolute Gasteiger partial charge is 0.224 e. The highest BCUT2D eigenvalue weighted by atomic mass is 127. The Bertz CT molecular complexity index is 464. The topological polar surface area (TPSA) is 38.8 Å². The Hall–Kier alpha value is -0.820. The molecule has 1 aliphatic heterocycles. The van der Waals surface area contributed by atoms with E-state index in [2.05, 4.69) is 29.5 Å². The molecule has 19 heavy (non-hydrogen) atoms. The molecule has 1 aromatic rings. The number of nitrogens with zero attached hydrogens (tertiary/aromatic N) is 1. The van der Waals surface area contributed by atoms with Crippen LogP contribution in [0.4, 0.5) is 5.69 Å². The van der Waals surface area contributed by atoms with Crippen LogP contribution >= 0.6 is 22.6 Å². The molecule has 0 saturated heterocycles. The highest BCUT2D eigenvalue weighted by Gasteiger charge is 2.30. The van der Waals surface area contributed by atoms with Crippen molar-refractivity contribution in [3.63, 3.8) is 0 Å². The van der Waals surface area contributed by atoms with Gasteiger partial charge in [-0.15, -0.1) is 0 Å². The molecule has 0 radical (unpaired) electrons. The lowest BCUT2D eigenvalue weighted by Crippen LogP contribution is -2.44. The molecule has 4 nitrogen and oxygen atoms in total. The van der Waals surface area contributed by atoms with Gasteiger partial charge in [-0.1, -0.05) is 19.4 Å². The first-order valence-corrected chi connectivity index (χ1v) is 7.56. The summed E-state index contributed by atoms with van der Waals surface area (Å²) in [7, 11) is 0. The third-order valence-electron chi connectivity index (χ3n) is 2.99. The van der Waals surface area contributed by atoms with E-state index in [1.165, 1.54) is 0 Å². The molecule has 0 fully saturated rings. The minimum absolute atomic E-state index is 0.0118. The van der Waals surface area contributed by atoms with Gasteiger partial charge in [-0.2, -0.15) is 0 Å². The van der Waals surface area contributed by atoms with Crippen molar-refractivity contribution >= 4 is 34.2 Å². The molecule has 1 amide bonds. The van der Waals surface area contributed by atoms with Crippen LogP contribution in [0.1, 0.15) is 26.7 Å². The Morgan fingerprint density at radius 2 is 2.37 bits per heavy atom. The maximum atomic E-state index is 11.8. The molecule has 0 N–H and O–H groups in total. The van der Waals surface area contributed by atoms with Crippen molar-refractivity contribution in [2.24, 2.45) is 0 Å². The summed E-state index contributed by atoms with van der Waals surface area (Å²) in [6.45, 7) is 4.80. The van der Waals surface area contributed by atoms with Gasteiger partial charge < -0.3 is 14.4 Å². The van der Waals surface area contributed by atoms with Gasteiger partial charge in [0.25, 0.3) is 0 Å². The average molecular weight is 375 g/mol. The average Bonchev–Trinajstić information content (AvgIpc) is 2.38. The van der Waals surface area contributed by atoms with Crippen LogP contribution in [0.3, 0.4) is 0 Å². The van der Waals surface area contributed by atoms with E-state index in [9.17, 15) is 4.79 Å². The van der Waals surface area contributed by atoms with Crippen LogP contribution in [0.15, 0.2) is 18.2 Å². The molecule has 1 aromatic carbocycles. The van der Waals surface area contributed by atoms with E-state index in [0.717, 1.165) is 27.8 Å². The molecule has 104 valence electrons. The number of rotatable bonds is 4. The zero-order valence-electron chi connectivity index (χ0n) is 11.2. The van der Waals surface area contributed by atoms with Crippen molar-refractivity contribution in [3.05, 3.63) is 21.8 Å². The van der Waals surface area contributed by atoms with Gasteiger partial charge in [0.2, 0.25) is 12.2 Å². The van der Waals surface area contributed by atoms with Crippen molar-refractivity contribution in [1.82, 2.24) is 0 Å². The fourth-order valence-electron chi connectivity index (χ4n) is 2.00. The predicted molar refractivity (Wildman–Crippen MR) is 82.5 cm³/mol. The van der Waals surface area contributed by atoms with Crippen LogP contribution in [-0.4, -0.2) is 25.3 Å². The summed E-state index contributed by atoms with van der Waals surface area (Å²) in [5.74, 6) is 0.729. The van der Waals surface area contributed by atoms with E-state index in [0.29, 0.717) is 13.2 Å². The normalized spacial score (nSPS) is 17.8. The van der Waals surface area contributed by atoms with E-state index in [1.807, 2.05) is 18.2 Å². The van der Waals surface area contributed by atoms with Gasteiger partial charge >= 0.3 is 0 Å². The molecular formula is C14H18INO3. The molecule has 1 aliphatic rings. The second-order valence-electron chi connectivity index (χ2n) is 4.49. The Morgan fingerprint density at radius 1 is 1.58 bits per heavy atom.